The van der Waals surface area contributed by atoms with Crippen LogP contribution in [0.2, 0.25) is 0 Å². The highest BCUT2D eigenvalue weighted by Crippen LogP contribution is 2.42. The normalized spacial score (nSPS) is 18.4. The average Bonchev–Trinajstić information content (AvgIpc) is 3.20. The van der Waals surface area contributed by atoms with E-state index >= 15 is 0 Å². The summed E-state index contributed by atoms with van der Waals surface area (Å²) in [6.07, 6.45) is 4.10. The number of aliphatic hydroxyl groups is 1. The lowest BCUT2D eigenvalue weighted by Gasteiger charge is -2.44. The minimum atomic E-state index is -0.409. The summed E-state index contributed by atoms with van der Waals surface area (Å²) in [6.45, 7) is 6.69. The van der Waals surface area contributed by atoms with Crippen LogP contribution in [-0.2, 0) is 0 Å². The smallest absolute Gasteiger partial charge is 0.0987 e. The van der Waals surface area contributed by atoms with Crippen LogP contribution in [-0.4, -0.2) is 28.6 Å². The quantitative estimate of drug-likeness (QED) is 0.873. The van der Waals surface area contributed by atoms with Gasteiger partial charge in [0.2, 0.25) is 0 Å². The van der Waals surface area contributed by atoms with Crippen LogP contribution in [0.4, 0.5) is 0 Å². The number of fused-ring (bicyclic) bond motifs is 1. The van der Waals surface area contributed by atoms with E-state index in [0.717, 1.165) is 31.5 Å². The molecule has 2 aromatic rings. The molecule has 0 aliphatic carbocycles. The van der Waals surface area contributed by atoms with Crippen LogP contribution in [0.15, 0.2) is 29.6 Å². The molecule has 114 valence electrons. The molecule has 0 amide bonds. The third-order valence-corrected chi connectivity index (χ3v) is 6.25. The summed E-state index contributed by atoms with van der Waals surface area (Å²) in [6, 6.07) is 8.47. The molecule has 1 N–H and O–H groups in total. The molecule has 0 radical (unpaired) electrons. The van der Waals surface area contributed by atoms with Gasteiger partial charge in [-0.05, 0) is 55.6 Å². The highest BCUT2D eigenvalue weighted by atomic mass is 32.1. The summed E-state index contributed by atoms with van der Waals surface area (Å²) < 4.78 is 1.25. The van der Waals surface area contributed by atoms with Gasteiger partial charge in [-0.25, -0.2) is 0 Å². The number of hydrogen-bond acceptors (Lipinski definition) is 3. The summed E-state index contributed by atoms with van der Waals surface area (Å²) >= 11 is 1.74. The van der Waals surface area contributed by atoms with Gasteiger partial charge in [0.15, 0.2) is 0 Å². The highest BCUT2D eigenvalue weighted by Gasteiger charge is 2.42. The van der Waals surface area contributed by atoms with E-state index in [-0.39, 0.29) is 5.54 Å². The number of thiophene rings is 1. The van der Waals surface area contributed by atoms with Crippen LogP contribution >= 0.6 is 11.3 Å². The Morgan fingerprint density at radius 1 is 1.19 bits per heavy atom. The van der Waals surface area contributed by atoms with E-state index in [4.69, 9.17) is 0 Å². The molecule has 1 saturated heterocycles. The van der Waals surface area contributed by atoms with Gasteiger partial charge in [-0.2, -0.15) is 0 Å². The first-order chi connectivity index (χ1) is 10.2. The molecule has 1 aromatic carbocycles. The first-order valence-corrected chi connectivity index (χ1v) is 9.00. The van der Waals surface area contributed by atoms with E-state index in [0.29, 0.717) is 0 Å². The summed E-state index contributed by atoms with van der Waals surface area (Å²) in [5, 5.41) is 14.6. The maximum atomic E-state index is 11.3. The Hall–Kier alpha value is -0.900. The fourth-order valence-corrected chi connectivity index (χ4v) is 4.88. The molecule has 1 aliphatic heterocycles. The molecule has 1 atom stereocenters. The largest absolute Gasteiger partial charge is 0.386 e. The van der Waals surface area contributed by atoms with Gasteiger partial charge in [0.25, 0.3) is 0 Å². The van der Waals surface area contributed by atoms with Gasteiger partial charge in [0, 0.05) is 10.3 Å². The molecule has 3 heteroatoms. The Labute approximate surface area is 131 Å². The SMILES string of the molecule is CCC(CC)(C(O)c1cccc2ccsc12)N1CCCC1. The zero-order valence-electron chi connectivity index (χ0n) is 13.0. The van der Waals surface area contributed by atoms with Crippen LogP contribution in [0.25, 0.3) is 10.1 Å². The third kappa shape index (κ3) is 2.41. The van der Waals surface area contributed by atoms with Gasteiger partial charge in [-0.1, -0.05) is 32.0 Å². The lowest BCUT2D eigenvalue weighted by atomic mass is 9.81. The molecular weight excluding hydrogens is 278 g/mol. The molecular formula is C18H25NOS. The van der Waals surface area contributed by atoms with Crippen molar-refractivity contribution in [3.63, 3.8) is 0 Å². The number of rotatable bonds is 5. The van der Waals surface area contributed by atoms with E-state index in [1.807, 2.05) is 0 Å². The van der Waals surface area contributed by atoms with Gasteiger partial charge in [-0.3, -0.25) is 4.90 Å². The van der Waals surface area contributed by atoms with Crippen molar-refractivity contribution in [2.75, 3.05) is 13.1 Å². The lowest BCUT2D eigenvalue weighted by Crippen LogP contribution is -2.51. The summed E-state index contributed by atoms with van der Waals surface area (Å²) in [5.41, 5.74) is 0.993. The third-order valence-electron chi connectivity index (χ3n) is 5.27. The number of aliphatic hydroxyl groups excluding tert-OH is 1. The zero-order chi connectivity index (χ0) is 14.9. The van der Waals surface area contributed by atoms with Crippen molar-refractivity contribution < 1.29 is 5.11 Å². The van der Waals surface area contributed by atoms with Crippen LogP contribution < -0.4 is 0 Å². The molecule has 1 aromatic heterocycles. The second kappa shape index (κ2) is 6.07. The number of benzene rings is 1. The van der Waals surface area contributed by atoms with Gasteiger partial charge in [0.1, 0.15) is 0 Å². The Kier molecular flexibility index (Phi) is 4.34. The van der Waals surface area contributed by atoms with E-state index in [1.54, 1.807) is 11.3 Å². The highest BCUT2D eigenvalue weighted by molar-refractivity contribution is 7.17. The van der Waals surface area contributed by atoms with Gasteiger partial charge >= 0.3 is 0 Å². The van der Waals surface area contributed by atoms with Gasteiger partial charge in [-0.15, -0.1) is 11.3 Å². The summed E-state index contributed by atoms with van der Waals surface area (Å²) in [5.74, 6) is 0. The molecule has 21 heavy (non-hydrogen) atoms. The van der Waals surface area contributed by atoms with E-state index < -0.39 is 6.10 Å². The van der Waals surface area contributed by atoms with Gasteiger partial charge < -0.3 is 5.11 Å². The van der Waals surface area contributed by atoms with Crippen LogP contribution in [0.3, 0.4) is 0 Å². The maximum absolute atomic E-state index is 11.3. The minimum Gasteiger partial charge on any atom is -0.386 e. The monoisotopic (exact) mass is 303 g/mol. The van der Waals surface area contributed by atoms with Crippen molar-refractivity contribution in [2.24, 2.45) is 0 Å². The topological polar surface area (TPSA) is 23.5 Å². The fourth-order valence-electron chi connectivity index (χ4n) is 3.94. The molecule has 1 aliphatic rings. The minimum absolute atomic E-state index is 0.116. The Balaban J connectivity index is 2.04. The molecule has 2 heterocycles. The van der Waals surface area contributed by atoms with E-state index in [1.165, 1.54) is 22.9 Å². The molecule has 3 rings (SSSR count). The van der Waals surface area contributed by atoms with Crippen molar-refractivity contribution >= 4 is 21.4 Å². The standard InChI is InChI=1S/C18H25NOS/c1-3-18(4-2,19-11-5-6-12-19)17(20)15-9-7-8-14-10-13-21-16(14)15/h7-10,13,17,20H,3-6,11-12H2,1-2H3. The molecule has 0 bridgehead atoms. The van der Waals surface area contributed by atoms with E-state index in [2.05, 4.69) is 48.4 Å². The first kappa shape index (κ1) is 15.0. The number of nitrogens with zero attached hydrogens (tertiary/aromatic N) is 1. The summed E-state index contributed by atoms with van der Waals surface area (Å²) in [4.78, 5) is 2.53. The molecule has 0 saturated carbocycles. The van der Waals surface area contributed by atoms with Crippen molar-refractivity contribution in [1.29, 1.82) is 0 Å². The Morgan fingerprint density at radius 3 is 2.57 bits per heavy atom. The second-order valence-corrected chi connectivity index (χ2v) is 7.01. The second-order valence-electron chi connectivity index (χ2n) is 6.09. The molecule has 1 fully saturated rings. The Bertz CT molecular complexity index is 596. The van der Waals surface area contributed by atoms with Crippen molar-refractivity contribution in [3.05, 3.63) is 35.2 Å². The number of likely N-dealkylation sites (tertiary alicyclic amines) is 1. The maximum Gasteiger partial charge on any atom is 0.0987 e. The fraction of sp³-hybridized carbons (Fsp3) is 0.556. The van der Waals surface area contributed by atoms with Crippen LogP contribution in [0.5, 0.6) is 0 Å². The van der Waals surface area contributed by atoms with Crippen molar-refractivity contribution in [1.82, 2.24) is 4.90 Å². The van der Waals surface area contributed by atoms with Gasteiger partial charge in [0.05, 0.1) is 11.6 Å². The van der Waals surface area contributed by atoms with Crippen LogP contribution in [0.1, 0.15) is 51.2 Å². The molecule has 0 spiro atoms. The van der Waals surface area contributed by atoms with Crippen molar-refractivity contribution in [3.8, 4) is 0 Å². The number of hydrogen-bond donors (Lipinski definition) is 1. The Morgan fingerprint density at radius 2 is 1.90 bits per heavy atom. The first-order valence-electron chi connectivity index (χ1n) is 8.12. The molecule has 1 unspecified atom stereocenters. The molecule has 2 nitrogen and oxygen atoms in total. The predicted octanol–water partition coefficient (Wildman–Crippen LogP) is 4.59. The lowest BCUT2D eigenvalue weighted by molar-refractivity contribution is -0.0286. The average molecular weight is 303 g/mol. The predicted molar refractivity (Wildman–Crippen MR) is 90.9 cm³/mol. The van der Waals surface area contributed by atoms with Crippen LogP contribution in [0, 0.1) is 0 Å². The van der Waals surface area contributed by atoms with Crippen molar-refractivity contribution in [2.45, 2.75) is 51.2 Å². The zero-order valence-corrected chi connectivity index (χ0v) is 13.8. The summed E-state index contributed by atoms with van der Waals surface area (Å²) in [7, 11) is 0. The van der Waals surface area contributed by atoms with E-state index in [9.17, 15) is 5.11 Å².